The second kappa shape index (κ2) is 23.4. The predicted molar refractivity (Wildman–Crippen MR) is 292 cm³/mol. The highest BCUT2D eigenvalue weighted by atomic mass is 32.1. The molecule has 4 fully saturated rings. The molecule has 0 bridgehead atoms. The van der Waals surface area contributed by atoms with Crippen molar-refractivity contribution in [2.24, 2.45) is 22.5 Å². The van der Waals surface area contributed by atoms with Gasteiger partial charge in [0.05, 0.1) is 58.6 Å². The molecule has 21 heteroatoms. The van der Waals surface area contributed by atoms with Gasteiger partial charge in [-0.25, -0.2) is 24.3 Å². The molecular formula is C57H68FN11O8S. The fourth-order valence-corrected chi connectivity index (χ4v) is 11.9. The van der Waals surface area contributed by atoms with Crippen LogP contribution in [0, 0.1) is 35.5 Å². The molecule has 78 heavy (non-hydrogen) atoms. The van der Waals surface area contributed by atoms with Crippen LogP contribution in [-0.4, -0.2) is 148 Å². The van der Waals surface area contributed by atoms with Crippen LogP contribution in [0.3, 0.4) is 0 Å². The number of anilines is 1. The highest BCUT2D eigenvalue weighted by Crippen LogP contribution is 2.42. The number of thiazole rings is 1. The molecule has 19 nitrogen and oxygen atoms in total. The van der Waals surface area contributed by atoms with Crippen LogP contribution in [0.4, 0.5) is 10.3 Å². The molecule has 6 N–H and O–H groups in total. The van der Waals surface area contributed by atoms with E-state index in [1.165, 1.54) is 24.4 Å². The van der Waals surface area contributed by atoms with E-state index in [0.717, 1.165) is 73.6 Å². The van der Waals surface area contributed by atoms with Gasteiger partial charge in [0.2, 0.25) is 23.6 Å². The number of halogens is 1. The molecule has 3 aromatic heterocycles. The normalized spacial score (nSPS) is 21.6. The Morgan fingerprint density at radius 2 is 1.71 bits per heavy atom. The van der Waals surface area contributed by atoms with Crippen LogP contribution in [0.5, 0.6) is 11.6 Å². The van der Waals surface area contributed by atoms with Gasteiger partial charge in [-0.05, 0) is 86.2 Å². The summed E-state index contributed by atoms with van der Waals surface area (Å²) in [6.45, 7) is 13.3. The molecule has 0 saturated carbocycles. The summed E-state index contributed by atoms with van der Waals surface area (Å²) in [7, 11) is 1.43. The zero-order valence-corrected chi connectivity index (χ0v) is 45.8. The lowest BCUT2D eigenvalue weighted by atomic mass is 9.71. The lowest BCUT2D eigenvalue weighted by molar-refractivity contribution is -0.142. The van der Waals surface area contributed by atoms with Gasteiger partial charge in [-0.15, -0.1) is 11.3 Å². The molecule has 4 aliphatic rings. The second-order valence-corrected chi connectivity index (χ2v) is 22.9. The molecule has 7 heterocycles. The van der Waals surface area contributed by atoms with Gasteiger partial charge in [-0.3, -0.25) is 28.9 Å². The lowest BCUT2D eigenvalue weighted by Gasteiger charge is -2.46. The first-order valence-electron chi connectivity index (χ1n) is 26.6. The number of benzene rings is 2. The molecule has 6 atom stereocenters. The number of methoxy groups -OCH3 is 1. The van der Waals surface area contributed by atoms with E-state index in [1.54, 1.807) is 29.7 Å². The summed E-state index contributed by atoms with van der Waals surface area (Å²) in [6, 6.07) is 8.66. The molecule has 1 unspecified atom stereocenters. The third kappa shape index (κ3) is 12.1. The van der Waals surface area contributed by atoms with Crippen LogP contribution in [0.1, 0.15) is 104 Å². The zero-order chi connectivity index (χ0) is 55.5. The molecule has 4 aliphatic heterocycles. The predicted octanol–water partition coefficient (Wildman–Crippen LogP) is 4.96. The summed E-state index contributed by atoms with van der Waals surface area (Å²) in [6.07, 6.45) is 6.49. The monoisotopic (exact) mass is 1090 g/mol. The summed E-state index contributed by atoms with van der Waals surface area (Å²) in [5, 5.41) is 20.4. The number of fused-ring (bicyclic) bond motifs is 1. The number of alkyl halides is 1. The number of carbonyl (C=O) groups excluding carboxylic acids is 5. The number of ether oxygens (including phenoxy) is 2. The average molecular weight is 1090 g/mol. The highest BCUT2D eigenvalue weighted by molar-refractivity contribution is 7.13. The van der Waals surface area contributed by atoms with Gasteiger partial charge in [0, 0.05) is 67.9 Å². The number of β-amino-alcohol motifs (C(OH)–C–C–N with tert-alkyl or cyclic N) is 1. The fraction of sp³-hybridized carbons (Fsp3) is 0.491. The number of amides is 5. The Bertz CT molecular complexity index is 3100. The number of nitrogens with one attached hydrogen (secondary N) is 3. The van der Waals surface area contributed by atoms with Crippen molar-refractivity contribution in [2.45, 2.75) is 110 Å². The number of aromatic nitrogens is 4. The number of carbonyl (C=O) groups is 5. The molecular weight excluding hydrogens is 1020 g/mol. The molecule has 5 amide bonds. The Kier molecular flexibility index (Phi) is 16.6. The van der Waals surface area contributed by atoms with Crippen molar-refractivity contribution in [2.75, 3.05) is 57.9 Å². The van der Waals surface area contributed by atoms with Crippen LogP contribution in [0.15, 0.2) is 60.5 Å². The first-order valence-corrected chi connectivity index (χ1v) is 27.5. The number of aliphatic hydroxyl groups excluding tert-OH is 1. The largest absolute Gasteiger partial charge is 0.496 e. The number of rotatable bonds is 15. The van der Waals surface area contributed by atoms with Crippen LogP contribution in [0.25, 0.3) is 21.2 Å². The van der Waals surface area contributed by atoms with Crippen LogP contribution in [0.2, 0.25) is 0 Å². The first kappa shape index (κ1) is 55.5. The maximum Gasteiger partial charge on any atom is 0.255 e. The number of hydrogen-bond donors (Lipinski definition) is 5. The minimum Gasteiger partial charge on any atom is -0.496 e. The average Bonchev–Trinajstić information content (AvgIpc) is 4.15. The summed E-state index contributed by atoms with van der Waals surface area (Å²) < 4.78 is 26.1. The molecule has 1 spiro atoms. The Labute approximate surface area is 457 Å². The summed E-state index contributed by atoms with van der Waals surface area (Å²) in [4.78, 5) is 91.2. The first-order chi connectivity index (χ1) is 37.3. The number of pyridine rings is 1. The van der Waals surface area contributed by atoms with E-state index in [1.807, 2.05) is 64.4 Å². The van der Waals surface area contributed by atoms with Gasteiger partial charge in [-0.1, -0.05) is 63.8 Å². The van der Waals surface area contributed by atoms with Crippen molar-refractivity contribution in [3.05, 3.63) is 88.4 Å². The Morgan fingerprint density at radius 1 is 1.00 bits per heavy atom. The number of nitrogens with two attached hydrogens (primary N) is 1. The molecule has 412 valence electrons. The number of aliphatic hydroxyl groups is 1. The van der Waals surface area contributed by atoms with E-state index in [4.69, 9.17) is 15.2 Å². The third-order valence-electron chi connectivity index (χ3n) is 15.9. The smallest absolute Gasteiger partial charge is 0.255 e. The second-order valence-electron chi connectivity index (χ2n) is 22.0. The van der Waals surface area contributed by atoms with Crippen molar-refractivity contribution in [1.29, 1.82) is 0 Å². The van der Waals surface area contributed by atoms with Gasteiger partial charge in [0.1, 0.15) is 24.4 Å². The van der Waals surface area contributed by atoms with Gasteiger partial charge in [-0.2, -0.15) is 0 Å². The number of nitrogens with zero attached hydrogens (tertiary/aromatic N) is 7. The molecule has 5 aromatic rings. The molecule has 0 aliphatic carbocycles. The fourth-order valence-electron chi connectivity index (χ4n) is 11.1. The molecule has 0 radical (unpaired) electrons. The quantitative estimate of drug-likeness (QED) is 0.0871. The van der Waals surface area contributed by atoms with E-state index >= 15 is 0 Å². The molecule has 4 saturated heterocycles. The SMILES string of the molecule is CC[C@H]1C(COc2ncc(C#CCN3CCC4(CC3)CCN(c3ncc(C(=O)N[C@H](C(=O)N5C[C@H](O)C[C@H]5C(=O)NCc5ccc(-c6scnc6C)cc5)C(C)(C)C)cn3)CC4)c3cc(C(N)=O)c(OC)cc23)NC(=O)[C@H]1F. The van der Waals surface area contributed by atoms with Gasteiger partial charge in [0.15, 0.2) is 6.17 Å². The standard InChI is InChI=1S/C57H68FN11O8S/c1-7-39-43(65-52(74)46(39)58)31-77-53-41-25-45(76-6)42(49(59)71)24-40(41)36(27-61-53)9-8-18-67-19-14-57(15-20-67)16-21-68(22-17-57)55-62-28-37(29-63-55)50(72)66-48(56(3,4)5)54(75)69-30-38(70)23-44(69)51(73)60-26-34-10-12-35(13-11-34)47-33(2)64-32-78-47/h10-13,24-25,27-29,32,38-39,43-44,46,48,70H,7,14-23,26,30-31H2,1-6H3,(H2,59,71)(H,60,73)(H,65,74)(H,66,72)/t38-,39+,43?,44+,46+,48-/m1/s1. The van der Waals surface area contributed by atoms with E-state index in [-0.39, 0.29) is 60.2 Å². The number of likely N-dealkylation sites (tertiary alicyclic amines) is 2. The van der Waals surface area contributed by atoms with Crippen molar-refractivity contribution >= 4 is 57.6 Å². The topological polar surface area (TPSA) is 247 Å². The number of aryl methyl sites for hydroxylation is 1. The summed E-state index contributed by atoms with van der Waals surface area (Å²) in [5.74, 6) is 4.35. The number of piperidine rings is 2. The Balaban J connectivity index is 0.766. The Morgan fingerprint density at radius 3 is 2.35 bits per heavy atom. The maximum atomic E-state index is 14.5. The van der Waals surface area contributed by atoms with Crippen LogP contribution < -0.4 is 36.1 Å². The van der Waals surface area contributed by atoms with Crippen molar-refractivity contribution < 1.29 is 42.9 Å². The maximum absolute atomic E-state index is 14.5. The van der Waals surface area contributed by atoms with Crippen molar-refractivity contribution in [3.8, 4) is 33.9 Å². The van der Waals surface area contributed by atoms with Crippen LogP contribution >= 0.6 is 11.3 Å². The van der Waals surface area contributed by atoms with Crippen molar-refractivity contribution in [3.63, 3.8) is 0 Å². The van der Waals surface area contributed by atoms with E-state index < -0.39 is 65.4 Å². The molecule has 2 aromatic carbocycles. The Hall–Kier alpha value is -7.28. The third-order valence-corrected chi connectivity index (χ3v) is 16.9. The van der Waals surface area contributed by atoms with E-state index in [2.05, 4.69) is 57.5 Å². The number of primary amides is 1. The van der Waals surface area contributed by atoms with Gasteiger partial charge in [0.25, 0.3) is 17.7 Å². The van der Waals surface area contributed by atoms with Crippen molar-refractivity contribution in [1.82, 2.24) is 45.7 Å². The zero-order valence-electron chi connectivity index (χ0n) is 44.9. The van der Waals surface area contributed by atoms with E-state index in [0.29, 0.717) is 35.2 Å². The van der Waals surface area contributed by atoms with Gasteiger partial charge >= 0.3 is 0 Å². The minimum absolute atomic E-state index is 0.00468. The highest BCUT2D eigenvalue weighted by Gasteiger charge is 2.45. The van der Waals surface area contributed by atoms with E-state index in [9.17, 15) is 33.5 Å². The molecule has 9 rings (SSSR count). The van der Waals surface area contributed by atoms with Gasteiger partial charge < -0.3 is 46.1 Å². The minimum atomic E-state index is -1.60. The number of hydrogen-bond acceptors (Lipinski definition) is 15. The lowest BCUT2D eigenvalue weighted by Crippen LogP contribution is -2.57. The summed E-state index contributed by atoms with van der Waals surface area (Å²) in [5.41, 5.74) is 10.8. The van der Waals surface area contributed by atoms with Crippen LogP contribution in [-0.2, 0) is 20.9 Å². The summed E-state index contributed by atoms with van der Waals surface area (Å²) >= 11 is 1.57.